The van der Waals surface area contributed by atoms with Crippen molar-refractivity contribution in [1.82, 2.24) is 34.4 Å². The molecule has 1 atom stereocenters. The number of halogens is 2. The van der Waals surface area contributed by atoms with E-state index in [9.17, 15) is 13.6 Å². The number of ether oxygens (including phenoxy) is 1. The van der Waals surface area contributed by atoms with Gasteiger partial charge in [-0.2, -0.15) is 14.9 Å². The molecule has 1 aromatic carbocycles. The van der Waals surface area contributed by atoms with Crippen molar-refractivity contribution in [2.24, 2.45) is 7.05 Å². The topological polar surface area (TPSA) is 103 Å². The lowest BCUT2D eigenvalue weighted by atomic mass is 10.1. The van der Waals surface area contributed by atoms with Gasteiger partial charge in [-0.25, -0.2) is 23.5 Å². The molecule has 0 saturated carbocycles. The van der Waals surface area contributed by atoms with Crippen LogP contribution in [0.5, 0.6) is 0 Å². The van der Waals surface area contributed by atoms with Crippen LogP contribution in [0.15, 0.2) is 42.7 Å². The fraction of sp³-hybridized carbons (Fsp3) is 0.292. The first-order chi connectivity index (χ1) is 17.3. The molecule has 1 N–H and O–H groups in total. The van der Waals surface area contributed by atoms with Gasteiger partial charge in [-0.3, -0.25) is 4.68 Å². The Balaban J connectivity index is 1.46. The quantitative estimate of drug-likeness (QED) is 0.420. The van der Waals surface area contributed by atoms with Crippen LogP contribution in [0.1, 0.15) is 16.8 Å². The molecule has 1 unspecified atom stereocenters. The first-order valence-electron chi connectivity index (χ1n) is 11.3. The summed E-state index contributed by atoms with van der Waals surface area (Å²) in [5.74, 6) is -0.807. The maximum Gasteiger partial charge on any atom is 0.345 e. The summed E-state index contributed by atoms with van der Waals surface area (Å²) in [7, 11) is 3.35. The Morgan fingerprint density at radius 3 is 2.75 bits per heavy atom. The van der Waals surface area contributed by atoms with Crippen molar-refractivity contribution in [1.29, 1.82) is 0 Å². The minimum atomic E-state index is -0.961. The van der Waals surface area contributed by atoms with Crippen molar-refractivity contribution >= 4 is 17.8 Å². The van der Waals surface area contributed by atoms with Crippen molar-refractivity contribution in [2.75, 3.05) is 19.0 Å². The zero-order valence-corrected chi connectivity index (χ0v) is 19.9. The van der Waals surface area contributed by atoms with Gasteiger partial charge in [-0.1, -0.05) is 6.07 Å². The molecular weight excluding hydrogens is 470 g/mol. The average Bonchev–Trinajstić information content (AvgIpc) is 3.46. The van der Waals surface area contributed by atoms with E-state index >= 15 is 0 Å². The number of rotatable bonds is 7. The predicted octanol–water partition coefficient (Wildman–Crippen LogP) is 3.45. The standard InChI is InChI=1S/C24H24F2N8O2/c1-14-11-27-23(29-21-6-7-28-32(21)2)30-22(14)20-10-16-9-17(13-36-3)33(24(35)34(16)31-20)12-15-4-5-18(25)19(26)8-15/h4-8,10-11,17H,9,12-13H2,1-3H3,(H,27,29,30). The van der Waals surface area contributed by atoms with Crippen LogP contribution in [0, 0.1) is 18.6 Å². The number of anilines is 2. The molecule has 36 heavy (non-hydrogen) atoms. The number of fused-ring (bicyclic) bond motifs is 1. The highest BCUT2D eigenvalue weighted by Gasteiger charge is 2.34. The number of carbonyl (C=O) groups is 1. The average molecular weight is 495 g/mol. The van der Waals surface area contributed by atoms with Gasteiger partial charge in [-0.05, 0) is 36.2 Å². The fourth-order valence-electron chi connectivity index (χ4n) is 4.22. The molecule has 1 amide bonds. The second kappa shape index (κ2) is 9.46. The van der Waals surface area contributed by atoms with Crippen LogP contribution in [0.4, 0.5) is 25.3 Å². The molecule has 1 aliphatic heterocycles. The highest BCUT2D eigenvalue weighted by atomic mass is 19.2. The molecule has 0 fully saturated rings. The second-order valence-electron chi connectivity index (χ2n) is 8.60. The lowest BCUT2D eigenvalue weighted by Gasteiger charge is -2.35. The van der Waals surface area contributed by atoms with Crippen LogP contribution in [-0.4, -0.2) is 60.2 Å². The zero-order valence-electron chi connectivity index (χ0n) is 19.9. The zero-order chi connectivity index (χ0) is 25.4. The van der Waals surface area contributed by atoms with Gasteiger partial charge >= 0.3 is 6.03 Å². The first-order valence-corrected chi connectivity index (χ1v) is 11.3. The Morgan fingerprint density at radius 1 is 1.19 bits per heavy atom. The Hall–Kier alpha value is -4.19. The molecule has 12 heteroatoms. The van der Waals surface area contributed by atoms with E-state index in [2.05, 4.69) is 25.5 Å². The lowest BCUT2D eigenvalue weighted by Crippen LogP contribution is -2.50. The van der Waals surface area contributed by atoms with Crippen LogP contribution in [-0.2, 0) is 24.8 Å². The number of amides is 1. The van der Waals surface area contributed by atoms with E-state index in [1.165, 1.54) is 10.7 Å². The van der Waals surface area contributed by atoms with Crippen LogP contribution >= 0.6 is 0 Å². The third kappa shape index (κ3) is 4.42. The summed E-state index contributed by atoms with van der Waals surface area (Å²) >= 11 is 0. The summed E-state index contributed by atoms with van der Waals surface area (Å²) in [5.41, 5.74) is 3.08. The molecule has 5 rings (SSSR count). The number of aromatic nitrogens is 6. The lowest BCUT2D eigenvalue weighted by molar-refractivity contribution is 0.0895. The largest absolute Gasteiger partial charge is 0.383 e. The summed E-state index contributed by atoms with van der Waals surface area (Å²) < 4.78 is 35.5. The molecule has 4 aromatic rings. The van der Waals surface area contributed by atoms with Crippen LogP contribution < -0.4 is 5.32 Å². The molecule has 0 radical (unpaired) electrons. The monoisotopic (exact) mass is 494 g/mol. The number of nitrogens with one attached hydrogen (secondary N) is 1. The molecule has 10 nitrogen and oxygen atoms in total. The van der Waals surface area contributed by atoms with Gasteiger partial charge in [0.05, 0.1) is 30.2 Å². The smallest absolute Gasteiger partial charge is 0.345 e. The van der Waals surface area contributed by atoms with E-state index in [-0.39, 0.29) is 25.2 Å². The van der Waals surface area contributed by atoms with Crippen molar-refractivity contribution in [3.63, 3.8) is 0 Å². The molecule has 0 saturated heterocycles. The summed E-state index contributed by atoms with van der Waals surface area (Å²) in [4.78, 5) is 24.0. The highest BCUT2D eigenvalue weighted by Crippen LogP contribution is 2.28. The summed E-state index contributed by atoms with van der Waals surface area (Å²) in [6.07, 6.45) is 3.82. The number of hydrogen-bond acceptors (Lipinski definition) is 7. The molecule has 0 spiro atoms. The third-order valence-electron chi connectivity index (χ3n) is 6.07. The Labute approximate surface area is 205 Å². The number of aryl methyl sites for hydroxylation is 2. The maximum absolute atomic E-state index is 13.8. The number of hydrogen-bond donors (Lipinski definition) is 1. The van der Waals surface area contributed by atoms with E-state index in [0.29, 0.717) is 35.0 Å². The highest BCUT2D eigenvalue weighted by molar-refractivity contribution is 5.80. The molecule has 3 aromatic heterocycles. The summed E-state index contributed by atoms with van der Waals surface area (Å²) in [5, 5.41) is 11.8. The number of nitrogens with zero attached hydrogens (tertiary/aromatic N) is 7. The van der Waals surface area contributed by atoms with Crippen LogP contribution in [0.2, 0.25) is 0 Å². The Kier molecular flexibility index (Phi) is 6.18. The van der Waals surface area contributed by atoms with E-state index < -0.39 is 11.6 Å². The minimum absolute atomic E-state index is 0.0873. The van der Waals surface area contributed by atoms with Crippen molar-refractivity contribution in [3.05, 3.63) is 71.2 Å². The summed E-state index contributed by atoms with van der Waals surface area (Å²) in [6, 6.07) is 6.55. The van der Waals surface area contributed by atoms with Gasteiger partial charge in [0.15, 0.2) is 11.6 Å². The Morgan fingerprint density at radius 2 is 2.03 bits per heavy atom. The van der Waals surface area contributed by atoms with Crippen molar-refractivity contribution in [3.8, 4) is 11.4 Å². The maximum atomic E-state index is 13.8. The predicted molar refractivity (Wildman–Crippen MR) is 127 cm³/mol. The molecule has 186 valence electrons. The van der Waals surface area contributed by atoms with Gasteiger partial charge in [0.25, 0.3) is 0 Å². The second-order valence-corrected chi connectivity index (χ2v) is 8.60. The van der Waals surface area contributed by atoms with Crippen molar-refractivity contribution in [2.45, 2.75) is 25.9 Å². The minimum Gasteiger partial charge on any atom is -0.383 e. The van der Waals surface area contributed by atoms with Crippen LogP contribution in [0.25, 0.3) is 11.4 Å². The fourth-order valence-corrected chi connectivity index (χ4v) is 4.22. The Bertz CT molecular complexity index is 1430. The normalized spacial score (nSPS) is 15.3. The van der Waals surface area contributed by atoms with E-state index in [1.54, 1.807) is 42.2 Å². The number of carbonyl (C=O) groups excluding carboxylic acids is 1. The molecule has 0 bridgehead atoms. The van der Waals surface area contributed by atoms with Gasteiger partial charge in [0.1, 0.15) is 11.5 Å². The number of methoxy groups -OCH3 is 1. The molecular formula is C24H24F2N8O2. The van der Waals surface area contributed by atoms with Gasteiger partial charge < -0.3 is 15.0 Å². The SMILES string of the molecule is COCC1Cc2cc(-c3nc(Nc4ccnn4C)ncc3C)nn2C(=O)N1Cc1ccc(F)c(F)c1. The first kappa shape index (κ1) is 23.5. The van der Waals surface area contributed by atoms with E-state index in [1.807, 2.05) is 13.0 Å². The van der Waals surface area contributed by atoms with Crippen LogP contribution in [0.3, 0.4) is 0 Å². The summed E-state index contributed by atoms with van der Waals surface area (Å²) in [6.45, 7) is 2.23. The molecule has 0 aliphatic carbocycles. The molecule has 1 aliphatic rings. The van der Waals surface area contributed by atoms with Gasteiger partial charge in [-0.15, -0.1) is 0 Å². The van der Waals surface area contributed by atoms with E-state index in [0.717, 1.165) is 23.5 Å². The van der Waals surface area contributed by atoms with E-state index in [4.69, 9.17) is 4.74 Å². The van der Waals surface area contributed by atoms with Crippen molar-refractivity contribution < 1.29 is 18.3 Å². The third-order valence-corrected chi connectivity index (χ3v) is 6.07. The van der Waals surface area contributed by atoms with Gasteiger partial charge in [0, 0.05) is 39.4 Å². The number of benzene rings is 1. The van der Waals surface area contributed by atoms with Gasteiger partial charge in [0.2, 0.25) is 5.95 Å². The molecule has 4 heterocycles.